The number of hydrogen-bond acceptors (Lipinski definition) is 5. The summed E-state index contributed by atoms with van der Waals surface area (Å²) in [5.74, 6) is -0.683. The molecule has 1 aliphatic rings. The molecule has 0 bridgehead atoms. The molecule has 1 aromatic rings. The van der Waals surface area contributed by atoms with Crippen LogP contribution in [0, 0.1) is 16.0 Å². The number of pyridine rings is 1. The zero-order valence-electron chi connectivity index (χ0n) is 9.54. The highest BCUT2D eigenvalue weighted by Crippen LogP contribution is 2.32. The summed E-state index contributed by atoms with van der Waals surface area (Å²) in [6, 6.07) is 0.960. The second kappa shape index (κ2) is 4.99. The number of aromatic carboxylic acids is 1. The molecule has 1 N–H and O–H groups in total. The first-order valence-corrected chi connectivity index (χ1v) is 5.58. The molecule has 1 saturated carbocycles. The van der Waals surface area contributed by atoms with Crippen molar-refractivity contribution in [1.29, 1.82) is 0 Å². The van der Waals surface area contributed by atoms with Crippen molar-refractivity contribution in [1.82, 2.24) is 4.98 Å². The topological polar surface area (TPSA) is 103 Å². The van der Waals surface area contributed by atoms with E-state index >= 15 is 0 Å². The van der Waals surface area contributed by atoms with E-state index in [0.717, 1.165) is 18.7 Å². The van der Waals surface area contributed by atoms with Gasteiger partial charge in [0.05, 0.1) is 11.5 Å². The van der Waals surface area contributed by atoms with Crippen LogP contribution in [0.25, 0.3) is 0 Å². The lowest BCUT2D eigenvalue weighted by molar-refractivity contribution is -0.385. The fourth-order valence-corrected chi connectivity index (χ4v) is 1.54. The molecule has 1 fully saturated rings. The predicted octanol–water partition coefficient (Wildman–Crippen LogP) is 1.87. The van der Waals surface area contributed by atoms with Gasteiger partial charge in [0, 0.05) is 6.07 Å². The Kier molecular flexibility index (Phi) is 3.40. The Morgan fingerprint density at radius 1 is 1.61 bits per heavy atom. The fraction of sp³-hybridized carbons (Fsp3) is 0.455. The number of ether oxygens (including phenoxy) is 1. The second-order valence-corrected chi connectivity index (χ2v) is 4.19. The summed E-state index contributed by atoms with van der Waals surface area (Å²) in [7, 11) is 0. The van der Waals surface area contributed by atoms with E-state index < -0.39 is 10.9 Å². The van der Waals surface area contributed by atoms with Gasteiger partial charge >= 0.3 is 5.97 Å². The van der Waals surface area contributed by atoms with Crippen molar-refractivity contribution < 1.29 is 19.6 Å². The normalized spacial score (nSPS) is 14.2. The maximum atomic E-state index is 11.0. The van der Waals surface area contributed by atoms with E-state index in [1.165, 1.54) is 12.8 Å². The highest BCUT2D eigenvalue weighted by atomic mass is 16.6. The molecule has 7 heteroatoms. The third-order valence-corrected chi connectivity index (χ3v) is 2.74. The summed E-state index contributed by atoms with van der Waals surface area (Å²) in [5, 5.41) is 19.5. The lowest BCUT2D eigenvalue weighted by Gasteiger charge is -2.07. The molecule has 0 saturated heterocycles. The maximum absolute atomic E-state index is 11.0. The van der Waals surface area contributed by atoms with Crippen LogP contribution in [0.3, 0.4) is 0 Å². The zero-order chi connectivity index (χ0) is 13.1. The van der Waals surface area contributed by atoms with Gasteiger partial charge in [-0.15, -0.1) is 0 Å². The van der Waals surface area contributed by atoms with Crippen LogP contribution < -0.4 is 4.74 Å². The van der Waals surface area contributed by atoms with E-state index in [9.17, 15) is 14.9 Å². The van der Waals surface area contributed by atoms with Gasteiger partial charge in [0.1, 0.15) is 11.8 Å². The minimum absolute atomic E-state index is 0.0613. The largest absolute Gasteiger partial charge is 0.477 e. The Labute approximate surface area is 103 Å². The summed E-state index contributed by atoms with van der Waals surface area (Å²) in [4.78, 5) is 24.5. The number of aromatic nitrogens is 1. The molecule has 18 heavy (non-hydrogen) atoms. The van der Waals surface area contributed by atoms with Crippen molar-refractivity contribution in [2.45, 2.75) is 19.3 Å². The highest BCUT2D eigenvalue weighted by molar-refractivity contribution is 5.90. The van der Waals surface area contributed by atoms with Gasteiger partial charge in [0.15, 0.2) is 0 Å². The van der Waals surface area contributed by atoms with Crippen LogP contribution in [-0.4, -0.2) is 27.6 Å². The van der Waals surface area contributed by atoms with Gasteiger partial charge in [-0.2, -0.15) is 0 Å². The molecule has 7 nitrogen and oxygen atoms in total. The monoisotopic (exact) mass is 252 g/mol. The van der Waals surface area contributed by atoms with Gasteiger partial charge in [-0.1, -0.05) is 12.8 Å². The zero-order valence-corrected chi connectivity index (χ0v) is 9.54. The van der Waals surface area contributed by atoms with Gasteiger partial charge in [-0.3, -0.25) is 10.1 Å². The highest BCUT2D eigenvalue weighted by Gasteiger charge is 2.22. The fourth-order valence-electron chi connectivity index (χ4n) is 1.54. The van der Waals surface area contributed by atoms with E-state index in [-0.39, 0.29) is 17.1 Å². The van der Waals surface area contributed by atoms with Crippen molar-refractivity contribution in [2.24, 2.45) is 5.92 Å². The summed E-state index contributed by atoms with van der Waals surface area (Å²) in [5.41, 5.74) is -0.637. The van der Waals surface area contributed by atoms with Crippen LogP contribution >= 0.6 is 0 Å². The van der Waals surface area contributed by atoms with Crippen molar-refractivity contribution in [3.63, 3.8) is 0 Å². The molecule has 1 heterocycles. The van der Waals surface area contributed by atoms with Crippen molar-refractivity contribution >= 4 is 11.7 Å². The Balaban J connectivity index is 2.11. The molecule has 0 atom stereocenters. The number of hydrogen-bond donors (Lipinski definition) is 1. The first-order valence-electron chi connectivity index (χ1n) is 5.58. The average molecular weight is 252 g/mol. The minimum Gasteiger partial charge on any atom is -0.477 e. The molecule has 0 unspecified atom stereocenters. The van der Waals surface area contributed by atoms with Crippen LogP contribution in [0.4, 0.5) is 5.69 Å². The molecule has 0 radical (unpaired) electrons. The summed E-state index contributed by atoms with van der Waals surface area (Å²) >= 11 is 0. The molecular weight excluding hydrogens is 240 g/mol. The number of rotatable bonds is 6. The van der Waals surface area contributed by atoms with Gasteiger partial charge in [-0.05, 0) is 12.3 Å². The molecule has 96 valence electrons. The van der Waals surface area contributed by atoms with Gasteiger partial charge in [0.25, 0.3) is 5.69 Å². The standard InChI is InChI=1S/C11H12N2O5/c14-11(15)9-5-8(13(16)17)6-12-10(9)18-4-3-7-1-2-7/h5-7H,1-4H2,(H,14,15). The van der Waals surface area contributed by atoms with E-state index in [1.807, 2.05) is 0 Å². The van der Waals surface area contributed by atoms with Crippen LogP contribution in [0.15, 0.2) is 12.3 Å². The van der Waals surface area contributed by atoms with Gasteiger partial charge < -0.3 is 9.84 Å². The quantitative estimate of drug-likeness (QED) is 0.612. The Hall–Kier alpha value is -2.18. The predicted molar refractivity (Wildman–Crippen MR) is 60.7 cm³/mol. The first kappa shape index (κ1) is 12.3. The van der Waals surface area contributed by atoms with Crippen LogP contribution in [-0.2, 0) is 0 Å². The van der Waals surface area contributed by atoms with Crippen LogP contribution in [0.1, 0.15) is 29.6 Å². The minimum atomic E-state index is -1.28. The van der Waals surface area contributed by atoms with E-state index in [1.54, 1.807) is 0 Å². The molecule has 0 spiro atoms. The third kappa shape index (κ3) is 2.93. The number of carboxylic acids is 1. The van der Waals surface area contributed by atoms with Crippen molar-refractivity contribution in [3.8, 4) is 5.88 Å². The van der Waals surface area contributed by atoms with Crippen molar-refractivity contribution in [3.05, 3.63) is 27.9 Å². The van der Waals surface area contributed by atoms with Crippen LogP contribution in [0.5, 0.6) is 5.88 Å². The summed E-state index contributed by atoms with van der Waals surface area (Å²) < 4.78 is 5.27. The Bertz CT molecular complexity index is 484. The molecule has 1 aromatic heterocycles. The molecule has 1 aliphatic carbocycles. The lowest BCUT2D eigenvalue weighted by Crippen LogP contribution is -2.07. The molecule has 2 rings (SSSR count). The Morgan fingerprint density at radius 2 is 2.33 bits per heavy atom. The average Bonchev–Trinajstić information content (AvgIpc) is 3.13. The van der Waals surface area contributed by atoms with Gasteiger partial charge in [-0.25, -0.2) is 9.78 Å². The molecule has 0 aromatic carbocycles. The first-order chi connectivity index (χ1) is 8.58. The molecule has 0 amide bonds. The smallest absolute Gasteiger partial charge is 0.341 e. The molecular formula is C11H12N2O5. The number of nitrogens with zero attached hydrogens (tertiary/aromatic N) is 2. The second-order valence-electron chi connectivity index (χ2n) is 4.19. The SMILES string of the molecule is O=C(O)c1cc([N+](=O)[O-])cnc1OCCC1CC1. The Morgan fingerprint density at radius 3 is 2.89 bits per heavy atom. The van der Waals surface area contributed by atoms with E-state index in [0.29, 0.717) is 12.5 Å². The van der Waals surface area contributed by atoms with Gasteiger partial charge in [0.2, 0.25) is 5.88 Å². The molecule has 0 aliphatic heterocycles. The third-order valence-electron chi connectivity index (χ3n) is 2.74. The maximum Gasteiger partial charge on any atom is 0.341 e. The number of nitro groups is 1. The number of carbonyl (C=O) groups is 1. The summed E-state index contributed by atoms with van der Waals surface area (Å²) in [6.45, 7) is 0.385. The van der Waals surface area contributed by atoms with E-state index in [4.69, 9.17) is 9.84 Å². The summed E-state index contributed by atoms with van der Waals surface area (Å²) in [6.07, 6.45) is 4.22. The van der Waals surface area contributed by atoms with Crippen LogP contribution in [0.2, 0.25) is 0 Å². The number of carboxylic acid groups (broad SMARTS) is 1. The van der Waals surface area contributed by atoms with E-state index in [2.05, 4.69) is 4.98 Å². The van der Waals surface area contributed by atoms with Crippen molar-refractivity contribution in [2.75, 3.05) is 6.61 Å². The lowest BCUT2D eigenvalue weighted by atomic mass is 10.2.